The second-order valence-electron chi connectivity index (χ2n) is 3.84. The van der Waals surface area contributed by atoms with Gasteiger partial charge in [0.05, 0.1) is 20.8 Å². The van der Waals surface area contributed by atoms with Crippen molar-refractivity contribution >= 4 is 21.9 Å². The van der Waals surface area contributed by atoms with E-state index in [0.29, 0.717) is 6.54 Å². The molecule has 1 rings (SSSR count). The Hall–Kier alpha value is -1.07. The van der Waals surface area contributed by atoms with E-state index in [2.05, 4.69) is 20.7 Å². The normalized spacial score (nSPS) is 10.5. The molecule has 0 heterocycles. The van der Waals surface area contributed by atoms with Crippen LogP contribution in [0.3, 0.4) is 0 Å². The molecule has 100 valence electrons. The fraction of sp³-hybridized carbons (Fsp3) is 0.462. The van der Waals surface area contributed by atoms with Gasteiger partial charge in [0.1, 0.15) is 5.75 Å². The van der Waals surface area contributed by atoms with Crippen LogP contribution in [0.5, 0.6) is 5.75 Å². The van der Waals surface area contributed by atoms with Crippen LogP contribution in [-0.4, -0.2) is 38.2 Å². The molecule has 0 saturated carbocycles. The smallest absolute Gasteiger partial charge is 0.319 e. The van der Waals surface area contributed by atoms with E-state index in [1.165, 1.54) is 7.11 Å². The van der Waals surface area contributed by atoms with Crippen LogP contribution in [0.2, 0.25) is 0 Å². The van der Waals surface area contributed by atoms with Crippen LogP contribution in [0.25, 0.3) is 0 Å². The third kappa shape index (κ3) is 4.31. The maximum atomic E-state index is 11.3. The van der Waals surface area contributed by atoms with Crippen molar-refractivity contribution in [3.8, 4) is 5.75 Å². The number of hydrogen-bond acceptors (Lipinski definition) is 4. The SMILES string of the molecule is CCN(CC(=O)OC)Cc1cc(OC)ccc1Br. The average Bonchev–Trinajstić information content (AvgIpc) is 2.39. The van der Waals surface area contributed by atoms with Gasteiger partial charge in [-0.15, -0.1) is 0 Å². The number of esters is 1. The van der Waals surface area contributed by atoms with Crippen LogP contribution in [-0.2, 0) is 16.1 Å². The highest BCUT2D eigenvalue weighted by Gasteiger charge is 2.12. The zero-order valence-electron chi connectivity index (χ0n) is 10.9. The molecular formula is C13H18BrNO3. The van der Waals surface area contributed by atoms with E-state index in [9.17, 15) is 4.79 Å². The predicted molar refractivity (Wildman–Crippen MR) is 73.7 cm³/mol. The van der Waals surface area contributed by atoms with Crippen molar-refractivity contribution in [2.24, 2.45) is 0 Å². The van der Waals surface area contributed by atoms with E-state index in [4.69, 9.17) is 4.74 Å². The van der Waals surface area contributed by atoms with Crippen molar-refractivity contribution < 1.29 is 14.3 Å². The zero-order chi connectivity index (χ0) is 13.5. The number of carbonyl (C=O) groups is 1. The molecule has 0 unspecified atom stereocenters. The second-order valence-corrected chi connectivity index (χ2v) is 4.69. The average molecular weight is 316 g/mol. The van der Waals surface area contributed by atoms with Crippen molar-refractivity contribution in [2.75, 3.05) is 27.3 Å². The first-order valence-electron chi connectivity index (χ1n) is 5.72. The van der Waals surface area contributed by atoms with Gasteiger partial charge in [0, 0.05) is 11.0 Å². The maximum Gasteiger partial charge on any atom is 0.319 e. The number of likely N-dealkylation sites (N-methyl/N-ethyl adjacent to an activating group) is 1. The molecule has 0 aliphatic heterocycles. The maximum absolute atomic E-state index is 11.3. The first kappa shape index (κ1) is 15.0. The van der Waals surface area contributed by atoms with Crippen molar-refractivity contribution in [1.29, 1.82) is 0 Å². The molecule has 0 aliphatic rings. The highest BCUT2D eigenvalue weighted by Crippen LogP contribution is 2.23. The van der Waals surface area contributed by atoms with Gasteiger partial charge in [-0.25, -0.2) is 0 Å². The number of halogens is 1. The molecule has 0 fully saturated rings. The summed E-state index contributed by atoms with van der Waals surface area (Å²) < 4.78 is 10.9. The van der Waals surface area contributed by atoms with E-state index >= 15 is 0 Å². The van der Waals surface area contributed by atoms with Crippen LogP contribution in [0.4, 0.5) is 0 Å². The minimum atomic E-state index is -0.226. The van der Waals surface area contributed by atoms with Crippen molar-refractivity contribution in [1.82, 2.24) is 4.90 Å². The van der Waals surface area contributed by atoms with Crippen LogP contribution in [0.1, 0.15) is 12.5 Å². The molecule has 0 atom stereocenters. The molecule has 0 aromatic heterocycles. The summed E-state index contributed by atoms with van der Waals surface area (Å²) in [5, 5.41) is 0. The summed E-state index contributed by atoms with van der Waals surface area (Å²) in [7, 11) is 3.04. The Kier molecular flexibility index (Phi) is 6.15. The van der Waals surface area contributed by atoms with Crippen molar-refractivity contribution in [3.63, 3.8) is 0 Å². The lowest BCUT2D eigenvalue weighted by Gasteiger charge is -2.20. The predicted octanol–water partition coefficient (Wildman–Crippen LogP) is 2.45. The third-order valence-electron chi connectivity index (χ3n) is 2.67. The summed E-state index contributed by atoms with van der Waals surface area (Å²) >= 11 is 3.50. The van der Waals surface area contributed by atoms with Crippen LogP contribution >= 0.6 is 15.9 Å². The lowest BCUT2D eigenvalue weighted by atomic mass is 10.2. The number of carbonyl (C=O) groups excluding carboxylic acids is 1. The summed E-state index contributed by atoms with van der Waals surface area (Å²) in [4.78, 5) is 13.3. The first-order chi connectivity index (χ1) is 8.60. The van der Waals surface area contributed by atoms with Gasteiger partial charge in [0.15, 0.2) is 0 Å². The highest BCUT2D eigenvalue weighted by molar-refractivity contribution is 9.10. The number of methoxy groups -OCH3 is 2. The number of ether oxygens (including phenoxy) is 2. The van der Waals surface area contributed by atoms with Crippen LogP contribution in [0.15, 0.2) is 22.7 Å². The van der Waals surface area contributed by atoms with E-state index in [1.54, 1.807) is 7.11 Å². The van der Waals surface area contributed by atoms with E-state index in [0.717, 1.165) is 22.3 Å². The number of benzene rings is 1. The minimum Gasteiger partial charge on any atom is -0.497 e. The summed E-state index contributed by atoms with van der Waals surface area (Å²) in [6.07, 6.45) is 0. The number of hydrogen-bond donors (Lipinski definition) is 0. The Balaban J connectivity index is 2.77. The Morgan fingerprint density at radius 2 is 2.11 bits per heavy atom. The monoisotopic (exact) mass is 315 g/mol. The topological polar surface area (TPSA) is 38.8 Å². The van der Waals surface area contributed by atoms with Gasteiger partial charge < -0.3 is 9.47 Å². The molecule has 1 aromatic carbocycles. The second kappa shape index (κ2) is 7.38. The lowest BCUT2D eigenvalue weighted by molar-refractivity contribution is -0.142. The zero-order valence-corrected chi connectivity index (χ0v) is 12.5. The molecule has 0 spiro atoms. The largest absolute Gasteiger partial charge is 0.497 e. The van der Waals surface area contributed by atoms with Gasteiger partial charge in [0.25, 0.3) is 0 Å². The summed E-state index contributed by atoms with van der Waals surface area (Å²) in [6, 6.07) is 5.80. The van der Waals surface area contributed by atoms with Crippen LogP contribution in [0, 0.1) is 0 Å². The molecule has 0 aliphatic carbocycles. The molecule has 0 bridgehead atoms. The Bertz CT molecular complexity index is 409. The molecule has 0 N–H and O–H groups in total. The summed E-state index contributed by atoms with van der Waals surface area (Å²) in [6.45, 7) is 3.75. The fourth-order valence-corrected chi connectivity index (χ4v) is 1.94. The van der Waals surface area contributed by atoms with Gasteiger partial charge in [0.2, 0.25) is 0 Å². The first-order valence-corrected chi connectivity index (χ1v) is 6.51. The molecule has 0 saturated heterocycles. The molecule has 5 heteroatoms. The van der Waals surface area contributed by atoms with Crippen molar-refractivity contribution in [3.05, 3.63) is 28.2 Å². The van der Waals surface area contributed by atoms with Crippen molar-refractivity contribution in [2.45, 2.75) is 13.5 Å². The van der Waals surface area contributed by atoms with Gasteiger partial charge in [-0.3, -0.25) is 9.69 Å². The number of nitrogens with zero attached hydrogens (tertiary/aromatic N) is 1. The van der Waals surface area contributed by atoms with Crippen LogP contribution < -0.4 is 4.74 Å². The highest BCUT2D eigenvalue weighted by atomic mass is 79.9. The quantitative estimate of drug-likeness (QED) is 0.756. The van der Waals surface area contributed by atoms with Gasteiger partial charge in [-0.2, -0.15) is 0 Å². The molecule has 18 heavy (non-hydrogen) atoms. The molecule has 1 aromatic rings. The van der Waals surface area contributed by atoms with Gasteiger partial charge in [-0.1, -0.05) is 22.9 Å². The lowest BCUT2D eigenvalue weighted by Crippen LogP contribution is -2.30. The van der Waals surface area contributed by atoms with Gasteiger partial charge in [-0.05, 0) is 30.3 Å². The Morgan fingerprint density at radius 3 is 2.67 bits per heavy atom. The van der Waals surface area contributed by atoms with E-state index in [-0.39, 0.29) is 12.5 Å². The molecule has 0 radical (unpaired) electrons. The minimum absolute atomic E-state index is 0.226. The molecule has 0 amide bonds. The standard InChI is InChI=1S/C13H18BrNO3/c1-4-15(9-13(16)18-3)8-10-7-11(17-2)5-6-12(10)14/h5-7H,4,8-9H2,1-3H3. The molecule has 4 nitrogen and oxygen atoms in total. The summed E-state index contributed by atoms with van der Waals surface area (Å²) in [5.41, 5.74) is 1.08. The summed E-state index contributed by atoms with van der Waals surface area (Å²) in [5.74, 6) is 0.582. The Labute approximate surface area is 116 Å². The number of rotatable bonds is 6. The van der Waals surface area contributed by atoms with Gasteiger partial charge >= 0.3 is 5.97 Å². The third-order valence-corrected chi connectivity index (χ3v) is 3.45. The van der Waals surface area contributed by atoms with E-state index < -0.39 is 0 Å². The molecular weight excluding hydrogens is 298 g/mol. The fourth-order valence-electron chi connectivity index (χ4n) is 1.57. The van der Waals surface area contributed by atoms with E-state index in [1.807, 2.05) is 30.0 Å². The Morgan fingerprint density at radius 1 is 1.39 bits per heavy atom.